The van der Waals surface area contributed by atoms with Gasteiger partial charge in [0.25, 0.3) is 0 Å². The van der Waals surface area contributed by atoms with Gasteiger partial charge in [-0.25, -0.2) is 4.98 Å². The lowest BCUT2D eigenvalue weighted by atomic mass is 9.98. The Kier molecular flexibility index (Phi) is 3.64. The summed E-state index contributed by atoms with van der Waals surface area (Å²) in [5, 5.41) is 3.37. The van der Waals surface area contributed by atoms with Crippen molar-refractivity contribution in [3.05, 3.63) is 17.3 Å². The van der Waals surface area contributed by atoms with E-state index in [1.54, 1.807) is 0 Å². The lowest BCUT2D eigenvalue weighted by Crippen LogP contribution is -2.26. The summed E-state index contributed by atoms with van der Waals surface area (Å²) in [4.78, 5) is 4.68. The largest absolute Gasteiger partial charge is 0.445 e. The molecule has 0 aliphatic carbocycles. The third-order valence-corrected chi connectivity index (χ3v) is 3.29. The summed E-state index contributed by atoms with van der Waals surface area (Å²) < 4.78 is 5.97. The molecule has 1 aliphatic heterocycles. The van der Waals surface area contributed by atoms with E-state index < -0.39 is 0 Å². The van der Waals surface area contributed by atoms with Gasteiger partial charge in [-0.1, -0.05) is 20.8 Å². The summed E-state index contributed by atoms with van der Waals surface area (Å²) in [7, 11) is 0. The smallest absolute Gasteiger partial charge is 0.197 e. The lowest BCUT2D eigenvalue weighted by molar-refractivity contribution is 0.355. The molecule has 16 heavy (non-hydrogen) atoms. The van der Waals surface area contributed by atoms with Crippen LogP contribution >= 0.6 is 0 Å². The van der Waals surface area contributed by atoms with Gasteiger partial charge < -0.3 is 9.73 Å². The molecular weight excluding hydrogens is 200 g/mol. The van der Waals surface area contributed by atoms with E-state index in [4.69, 9.17) is 4.42 Å². The summed E-state index contributed by atoms with van der Waals surface area (Å²) in [5.41, 5.74) is 1.16. The average molecular weight is 222 g/mol. The first kappa shape index (κ1) is 11.6. The highest BCUT2D eigenvalue weighted by Gasteiger charge is 2.23. The third kappa shape index (κ3) is 2.29. The number of nitrogens with zero attached hydrogens (tertiary/aromatic N) is 1. The molecule has 90 valence electrons. The Morgan fingerprint density at radius 2 is 2.06 bits per heavy atom. The summed E-state index contributed by atoms with van der Waals surface area (Å²) in [6, 6.07) is 0. The Morgan fingerprint density at radius 1 is 1.38 bits per heavy atom. The van der Waals surface area contributed by atoms with Gasteiger partial charge in [0.05, 0.1) is 5.69 Å². The number of piperidine rings is 1. The van der Waals surface area contributed by atoms with Crippen LogP contribution in [0.4, 0.5) is 0 Å². The van der Waals surface area contributed by atoms with E-state index in [9.17, 15) is 0 Å². The number of oxazole rings is 1. The Hall–Kier alpha value is -0.830. The molecule has 0 aromatic carbocycles. The molecule has 2 rings (SSSR count). The van der Waals surface area contributed by atoms with Crippen LogP contribution in [-0.2, 0) is 6.42 Å². The van der Waals surface area contributed by atoms with E-state index in [-0.39, 0.29) is 0 Å². The van der Waals surface area contributed by atoms with Gasteiger partial charge in [0.2, 0.25) is 0 Å². The number of nitrogens with one attached hydrogen (secondary N) is 1. The van der Waals surface area contributed by atoms with Gasteiger partial charge in [-0.2, -0.15) is 0 Å². The molecule has 0 unspecified atom stereocenters. The van der Waals surface area contributed by atoms with Crippen molar-refractivity contribution in [1.82, 2.24) is 10.3 Å². The van der Waals surface area contributed by atoms with E-state index in [0.717, 1.165) is 49.7 Å². The highest BCUT2D eigenvalue weighted by atomic mass is 16.4. The minimum atomic E-state index is 0.443. The predicted molar refractivity (Wildman–Crippen MR) is 64.8 cm³/mol. The molecule has 1 aliphatic rings. The molecule has 0 spiro atoms. The number of aryl methyl sites for hydroxylation is 1. The van der Waals surface area contributed by atoms with E-state index >= 15 is 0 Å². The molecule has 1 N–H and O–H groups in total. The molecular formula is C13H22N2O. The maximum absolute atomic E-state index is 5.97. The third-order valence-electron chi connectivity index (χ3n) is 3.29. The maximum Gasteiger partial charge on any atom is 0.197 e. The second-order valence-corrected chi connectivity index (χ2v) is 4.90. The van der Waals surface area contributed by atoms with Gasteiger partial charge in [-0.3, -0.25) is 0 Å². The molecule has 1 aromatic heterocycles. The van der Waals surface area contributed by atoms with Gasteiger partial charge in [0, 0.05) is 11.8 Å². The molecule has 1 saturated heterocycles. The van der Waals surface area contributed by atoms with Crippen LogP contribution in [0, 0.1) is 0 Å². The van der Waals surface area contributed by atoms with Crippen LogP contribution in [0.5, 0.6) is 0 Å². The minimum Gasteiger partial charge on any atom is -0.445 e. The van der Waals surface area contributed by atoms with Gasteiger partial charge in [0.1, 0.15) is 5.76 Å². The number of rotatable bonds is 3. The number of hydrogen-bond acceptors (Lipinski definition) is 3. The fourth-order valence-corrected chi connectivity index (χ4v) is 2.33. The Labute approximate surface area is 97.6 Å². The summed E-state index contributed by atoms with van der Waals surface area (Å²) in [6.07, 6.45) is 3.28. The molecule has 0 bridgehead atoms. The van der Waals surface area contributed by atoms with Crippen LogP contribution in [-0.4, -0.2) is 18.1 Å². The Balaban J connectivity index is 2.20. The van der Waals surface area contributed by atoms with E-state index in [2.05, 4.69) is 31.1 Å². The lowest BCUT2D eigenvalue weighted by Gasteiger charge is -2.19. The van der Waals surface area contributed by atoms with Gasteiger partial charge >= 0.3 is 0 Å². The van der Waals surface area contributed by atoms with Crippen molar-refractivity contribution in [3.63, 3.8) is 0 Å². The Bertz CT molecular complexity index is 338. The molecule has 0 atom stereocenters. The molecule has 0 radical (unpaired) electrons. The number of hydrogen-bond donors (Lipinski definition) is 1. The second-order valence-electron chi connectivity index (χ2n) is 4.90. The van der Waals surface area contributed by atoms with Crippen LogP contribution in [0.3, 0.4) is 0 Å². The molecule has 2 heterocycles. The fourth-order valence-electron chi connectivity index (χ4n) is 2.33. The first-order valence-electron chi connectivity index (χ1n) is 6.42. The zero-order chi connectivity index (χ0) is 11.5. The summed E-state index contributed by atoms with van der Waals surface area (Å²) in [5.74, 6) is 3.04. The molecule has 3 heteroatoms. The fraction of sp³-hybridized carbons (Fsp3) is 0.769. The van der Waals surface area contributed by atoms with Gasteiger partial charge in [-0.15, -0.1) is 0 Å². The van der Waals surface area contributed by atoms with Crippen molar-refractivity contribution in [1.29, 1.82) is 0 Å². The van der Waals surface area contributed by atoms with E-state index in [1.165, 1.54) is 0 Å². The standard InChI is InChI=1S/C13H22N2O/c1-4-11-12(9(2)3)16-13(15-11)10-5-7-14-8-6-10/h9-10,14H,4-8H2,1-3H3. The quantitative estimate of drug-likeness (QED) is 0.854. The van der Waals surface area contributed by atoms with Crippen molar-refractivity contribution in [2.75, 3.05) is 13.1 Å². The van der Waals surface area contributed by atoms with Crippen LogP contribution in [0.25, 0.3) is 0 Å². The summed E-state index contributed by atoms with van der Waals surface area (Å²) >= 11 is 0. The first-order valence-corrected chi connectivity index (χ1v) is 6.42. The predicted octanol–water partition coefficient (Wildman–Crippen LogP) is 2.83. The normalized spacial score (nSPS) is 18.2. The molecule has 3 nitrogen and oxygen atoms in total. The van der Waals surface area contributed by atoms with Crippen molar-refractivity contribution < 1.29 is 4.42 Å². The zero-order valence-electron chi connectivity index (χ0n) is 10.5. The number of aromatic nitrogens is 1. The van der Waals surface area contributed by atoms with Crippen LogP contribution < -0.4 is 5.32 Å². The zero-order valence-corrected chi connectivity index (χ0v) is 10.5. The van der Waals surface area contributed by atoms with Crippen molar-refractivity contribution in [2.45, 2.75) is 51.9 Å². The first-order chi connectivity index (χ1) is 7.72. The van der Waals surface area contributed by atoms with Crippen molar-refractivity contribution >= 4 is 0 Å². The minimum absolute atomic E-state index is 0.443. The second kappa shape index (κ2) is 5.00. The Morgan fingerprint density at radius 3 is 2.56 bits per heavy atom. The average Bonchev–Trinajstić information content (AvgIpc) is 2.74. The molecule has 1 aromatic rings. The van der Waals surface area contributed by atoms with Gasteiger partial charge in [-0.05, 0) is 32.4 Å². The maximum atomic E-state index is 5.97. The van der Waals surface area contributed by atoms with Gasteiger partial charge in [0.15, 0.2) is 5.89 Å². The molecule has 1 fully saturated rings. The highest BCUT2D eigenvalue weighted by molar-refractivity contribution is 5.15. The van der Waals surface area contributed by atoms with Crippen LogP contribution in [0.2, 0.25) is 0 Å². The highest BCUT2D eigenvalue weighted by Crippen LogP contribution is 2.29. The topological polar surface area (TPSA) is 38.1 Å². The SMILES string of the molecule is CCc1nc(C2CCNCC2)oc1C(C)C. The van der Waals surface area contributed by atoms with E-state index in [0.29, 0.717) is 11.8 Å². The van der Waals surface area contributed by atoms with E-state index in [1.807, 2.05) is 0 Å². The van der Waals surface area contributed by atoms with Crippen LogP contribution in [0.15, 0.2) is 4.42 Å². The van der Waals surface area contributed by atoms with Crippen molar-refractivity contribution in [3.8, 4) is 0 Å². The van der Waals surface area contributed by atoms with Crippen molar-refractivity contribution in [2.24, 2.45) is 0 Å². The summed E-state index contributed by atoms with van der Waals surface area (Å²) in [6.45, 7) is 8.67. The monoisotopic (exact) mass is 222 g/mol. The molecule has 0 saturated carbocycles. The molecule has 0 amide bonds. The van der Waals surface area contributed by atoms with Crippen LogP contribution in [0.1, 0.15) is 62.8 Å².